The largest absolute Gasteiger partial charge is 0.497 e. The topological polar surface area (TPSA) is 54.0 Å². The maximum absolute atomic E-state index is 12.1. The van der Waals surface area contributed by atoms with Crippen molar-refractivity contribution >= 4 is 5.91 Å². The highest BCUT2D eigenvalue weighted by atomic mass is 16.5. The van der Waals surface area contributed by atoms with Crippen LogP contribution < -0.4 is 14.8 Å². The summed E-state index contributed by atoms with van der Waals surface area (Å²) in [5.41, 5.74) is 0. The van der Waals surface area contributed by atoms with Gasteiger partial charge in [-0.15, -0.1) is 0 Å². The summed E-state index contributed by atoms with van der Waals surface area (Å²) < 4.78 is 10.8. The Balaban J connectivity index is 1.62. The number of hydrogen-bond donors (Lipinski definition) is 1. The van der Waals surface area contributed by atoms with Crippen LogP contribution in [0.3, 0.4) is 0 Å². The first-order valence-corrected chi connectivity index (χ1v) is 8.58. The van der Waals surface area contributed by atoms with Crippen LogP contribution in [0.2, 0.25) is 0 Å². The van der Waals surface area contributed by atoms with Gasteiger partial charge in [0.2, 0.25) is 0 Å². The van der Waals surface area contributed by atoms with Crippen LogP contribution in [0.1, 0.15) is 13.3 Å². The van der Waals surface area contributed by atoms with Gasteiger partial charge < -0.3 is 24.6 Å². The molecule has 134 valence electrons. The number of hydrogen-bond acceptors (Lipinski definition) is 5. The van der Waals surface area contributed by atoms with Gasteiger partial charge in [0.25, 0.3) is 5.91 Å². The summed E-state index contributed by atoms with van der Waals surface area (Å²) in [5.74, 6) is 1.35. The molecule has 0 spiro atoms. The highest BCUT2D eigenvalue weighted by Crippen LogP contribution is 2.18. The molecule has 0 aliphatic carbocycles. The third-order valence-corrected chi connectivity index (χ3v) is 4.29. The van der Waals surface area contributed by atoms with Gasteiger partial charge in [0.1, 0.15) is 11.5 Å². The van der Waals surface area contributed by atoms with Crippen molar-refractivity contribution in [3.8, 4) is 11.5 Å². The van der Waals surface area contributed by atoms with E-state index in [1.165, 1.54) is 0 Å². The quantitative estimate of drug-likeness (QED) is 0.724. The molecule has 1 atom stereocenters. The van der Waals surface area contributed by atoms with Crippen LogP contribution in [0.25, 0.3) is 0 Å². The van der Waals surface area contributed by atoms with E-state index in [9.17, 15) is 4.79 Å². The number of carbonyl (C=O) groups excluding carboxylic acids is 1. The van der Waals surface area contributed by atoms with E-state index in [0.717, 1.165) is 44.9 Å². The lowest BCUT2D eigenvalue weighted by molar-refractivity contribution is -0.127. The van der Waals surface area contributed by atoms with Gasteiger partial charge >= 0.3 is 0 Å². The van der Waals surface area contributed by atoms with E-state index in [0.29, 0.717) is 12.3 Å². The fourth-order valence-corrected chi connectivity index (χ4v) is 2.64. The number of likely N-dealkylation sites (N-methyl/N-ethyl adjacent to an activating group) is 1. The summed E-state index contributed by atoms with van der Waals surface area (Å²) in [7, 11) is 3.77. The Morgan fingerprint density at radius 2 is 1.79 bits per heavy atom. The molecule has 1 saturated heterocycles. The summed E-state index contributed by atoms with van der Waals surface area (Å²) in [6.45, 7) is 7.95. The lowest BCUT2D eigenvalue weighted by Gasteiger charge is -2.32. The minimum Gasteiger partial charge on any atom is -0.497 e. The van der Waals surface area contributed by atoms with Crippen molar-refractivity contribution in [2.24, 2.45) is 0 Å². The van der Waals surface area contributed by atoms with E-state index in [1.807, 2.05) is 12.1 Å². The molecule has 0 saturated carbocycles. The van der Waals surface area contributed by atoms with Crippen LogP contribution >= 0.6 is 0 Å². The van der Waals surface area contributed by atoms with Crippen LogP contribution in [0, 0.1) is 0 Å². The molecule has 24 heavy (non-hydrogen) atoms. The van der Waals surface area contributed by atoms with Crippen LogP contribution in [-0.2, 0) is 4.79 Å². The standard InChI is InChI=1S/C18H29N3O3/c1-15(24-17-7-5-16(23-3)6-8-17)18(22)19-9-4-10-21-13-11-20(2)12-14-21/h5-8,15H,4,9-14H2,1-3H3,(H,19,22)/t15-/m1/s1. The second kappa shape index (κ2) is 9.49. The summed E-state index contributed by atoms with van der Waals surface area (Å²) >= 11 is 0. The molecule has 6 heteroatoms. The SMILES string of the molecule is COc1ccc(O[C@H](C)C(=O)NCCCN2CCN(C)CC2)cc1. The second-order valence-electron chi connectivity index (χ2n) is 6.23. The fraction of sp³-hybridized carbons (Fsp3) is 0.611. The Morgan fingerprint density at radius 1 is 1.17 bits per heavy atom. The molecule has 0 aromatic heterocycles. The number of amides is 1. The molecule has 0 radical (unpaired) electrons. The highest BCUT2D eigenvalue weighted by Gasteiger charge is 2.15. The van der Waals surface area contributed by atoms with Gasteiger partial charge in [-0.2, -0.15) is 0 Å². The summed E-state index contributed by atoms with van der Waals surface area (Å²) in [4.78, 5) is 16.9. The van der Waals surface area contributed by atoms with Crippen molar-refractivity contribution in [3.05, 3.63) is 24.3 Å². The van der Waals surface area contributed by atoms with Gasteiger partial charge in [0.15, 0.2) is 6.10 Å². The minimum absolute atomic E-state index is 0.0794. The zero-order valence-electron chi connectivity index (χ0n) is 15.0. The molecule has 1 amide bonds. The third kappa shape index (κ3) is 6.02. The maximum Gasteiger partial charge on any atom is 0.260 e. The van der Waals surface area contributed by atoms with E-state index in [4.69, 9.17) is 9.47 Å². The van der Waals surface area contributed by atoms with E-state index >= 15 is 0 Å². The van der Waals surface area contributed by atoms with Crippen LogP contribution in [-0.4, -0.2) is 75.2 Å². The Kier molecular flexibility index (Phi) is 7.34. The highest BCUT2D eigenvalue weighted by molar-refractivity contribution is 5.80. The number of carbonyl (C=O) groups is 1. The minimum atomic E-state index is -0.512. The van der Waals surface area contributed by atoms with Crippen molar-refractivity contribution in [2.75, 3.05) is 53.4 Å². The molecular weight excluding hydrogens is 306 g/mol. The molecule has 1 heterocycles. The molecule has 2 rings (SSSR count). The van der Waals surface area contributed by atoms with Gasteiger partial charge in [-0.3, -0.25) is 4.79 Å². The number of ether oxygens (including phenoxy) is 2. The van der Waals surface area contributed by atoms with Crippen LogP contribution in [0.15, 0.2) is 24.3 Å². The van der Waals surface area contributed by atoms with Crippen molar-refractivity contribution in [2.45, 2.75) is 19.4 Å². The second-order valence-corrected chi connectivity index (χ2v) is 6.23. The number of nitrogens with zero attached hydrogens (tertiary/aromatic N) is 2. The molecule has 1 aromatic rings. The van der Waals surface area contributed by atoms with Gasteiger partial charge in [0.05, 0.1) is 7.11 Å². The molecule has 1 fully saturated rings. The molecule has 1 aliphatic rings. The third-order valence-electron chi connectivity index (χ3n) is 4.29. The van der Waals surface area contributed by atoms with Crippen molar-refractivity contribution in [3.63, 3.8) is 0 Å². The summed E-state index contributed by atoms with van der Waals surface area (Å²) in [5, 5.41) is 2.95. The Labute approximate surface area is 144 Å². The fourth-order valence-electron chi connectivity index (χ4n) is 2.64. The van der Waals surface area contributed by atoms with E-state index in [2.05, 4.69) is 22.2 Å². The number of rotatable bonds is 8. The molecule has 1 N–H and O–H groups in total. The average Bonchev–Trinajstić information content (AvgIpc) is 2.60. The van der Waals surface area contributed by atoms with E-state index in [1.54, 1.807) is 26.2 Å². The number of nitrogens with one attached hydrogen (secondary N) is 1. The molecule has 0 unspecified atom stereocenters. The van der Waals surface area contributed by atoms with E-state index < -0.39 is 6.10 Å². The van der Waals surface area contributed by atoms with Crippen molar-refractivity contribution in [1.82, 2.24) is 15.1 Å². The Bertz CT molecular complexity index is 499. The predicted molar refractivity (Wildman–Crippen MR) is 94.6 cm³/mol. The zero-order chi connectivity index (χ0) is 17.4. The predicted octanol–water partition coefficient (Wildman–Crippen LogP) is 1.22. The summed E-state index contributed by atoms with van der Waals surface area (Å²) in [6.07, 6.45) is 0.451. The molecular formula is C18H29N3O3. The van der Waals surface area contributed by atoms with Gasteiger partial charge in [-0.25, -0.2) is 0 Å². The molecule has 0 bridgehead atoms. The first-order valence-electron chi connectivity index (χ1n) is 8.58. The average molecular weight is 335 g/mol. The Hall–Kier alpha value is -1.79. The van der Waals surface area contributed by atoms with Crippen molar-refractivity contribution in [1.29, 1.82) is 0 Å². The summed E-state index contributed by atoms with van der Waals surface area (Å²) in [6, 6.07) is 7.23. The number of piperazine rings is 1. The smallest absolute Gasteiger partial charge is 0.260 e. The van der Waals surface area contributed by atoms with Crippen LogP contribution in [0.5, 0.6) is 11.5 Å². The maximum atomic E-state index is 12.1. The van der Waals surface area contributed by atoms with Gasteiger partial charge in [-0.1, -0.05) is 0 Å². The Morgan fingerprint density at radius 3 is 2.42 bits per heavy atom. The van der Waals surface area contributed by atoms with E-state index in [-0.39, 0.29) is 5.91 Å². The van der Waals surface area contributed by atoms with Gasteiger partial charge in [0, 0.05) is 32.7 Å². The van der Waals surface area contributed by atoms with Crippen molar-refractivity contribution < 1.29 is 14.3 Å². The van der Waals surface area contributed by atoms with Gasteiger partial charge in [-0.05, 0) is 51.2 Å². The molecule has 1 aliphatic heterocycles. The lowest BCUT2D eigenvalue weighted by Crippen LogP contribution is -2.45. The molecule has 6 nitrogen and oxygen atoms in total. The first-order chi connectivity index (χ1) is 11.6. The first kappa shape index (κ1) is 18.5. The monoisotopic (exact) mass is 335 g/mol. The number of methoxy groups -OCH3 is 1. The lowest BCUT2D eigenvalue weighted by atomic mass is 10.3. The van der Waals surface area contributed by atoms with Crippen LogP contribution in [0.4, 0.5) is 0 Å². The zero-order valence-corrected chi connectivity index (χ0v) is 15.0. The molecule has 1 aromatic carbocycles. The normalized spacial score (nSPS) is 17.3. The number of benzene rings is 1.